The molecule has 36 heavy (non-hydrogen) atoms. The zero-order chi connectivity index (χ0) is 26.2. The van der Waals surface area contributed by atoms with Gasteiger partial charge in [0, 0.05) is 24.1 Å². The Hall–Kier alpha value is -3.67. The van der Waals surface area contributed by atoms with Crippen LogP contribution in [0, 0.1) is 0 Å². The number of halogens is 3. The lowest BCUT2D eigenvalue weighted by Gasteiger charge is -2.33. The fraction of sp³-hybridized carbons (Fsp3) is 0.280. The summed E-state index contributed by atoms with van der Waals surface area (Å²) in [6, 6.07) is 12.4. The van der Waals surface area contributed by atoms with Gasteiger partial charge in [-0.05, 0) is 62.1 Å². The second kappa shape index (κ2) is 9.76. The van der Waals surface area contributed by atoms with Crippen molar-refractivity contribution in [3.8, 4) is 0 Å². The van der Waals surface area contributed by atoms with Gasteiger partial charge in [-0.25, -0.2) is 0 Å². The van der Waals surface area contributed by atoms with Gasteiger partial charge in [0.05, 0.1) is 29.9 Å². The van der Waals surface area contributed by atoms with Crippen LogP contribution >= 0.6 is 0 Å². The molecule has 0 spiro atoms. The van der Waals surface area contributed by atoms with Crippen molar-refractivity contribution in [1.82, 2.24) is 9.47 Å². The summed E-state index contributed by atoms with van der Waals surface area (Å²) >= 11 is 0. The highest BCUT2D eigenvalue weighted by molar-refractivity contribution is 6.16. The molecule has 3 aromatic rings. The van der Waals surface area contributed by atoms with Gasteiger partial charge in [-0.15, -0.1) is 0 Å². The van der Waals surface area contributed by atoms with Gasteiger partial charge in [0.1, 0.15) is 5.69 Å². The Bertz CT molecular complexity index is 1270. The highest BCUT2D eigenvalue weighted by Crippen LogP contribution is 2.33. The Kier molecular flexibility index (Phi) is 6.90. The summed E-state index contributed by atoms with van der Waals surface area (Å²) in [4.78, 5) is 29.6. The molecular weight excluding hydrogens is 475 g/mol. The first kappa shape index (κ1) is 25.4. The Morgan fingerprint density at radius 1 is 1.19 bits per heavy atom. The van der Waals surface area contributed by atoms with E-state index in [9.17, 15) is 27.9 Å². The van der Waals surface area contributed by atoms with Crippen LogP contribution in [-0.4, -0.2) is 53.6 Å². The number of likely N-dealkylation sites (N-methyl/N-ethyl adjacent to an activating group) is 1. The van der Waals surface area contributed by atoms with E-state index in [1.165, 1.54) is 33.9 Å². The summed E-state index contributed by atoms with van der Waals surface area (Å²) in [7, 11) is 3.67. The number of anilines is 2. The van der Waals surface area contributed by atoms with Gasteiger partial charge in [-0.1, -0.05) is 12.1 Å². The van der Waals surface area contributed by atoms with Crippen molar-refractivity contribution in [3.05, 3.63) is 83.2 Å². The standard InChI is InChI=1S/C25H26F3N5O3/c1-31(2)13-20(34)15-4-3-5-17(12-15)30-23(35)19-10-11-32-21(29)14-33(24(36)22(19)32)18-8-6-16(7-9-18)25(26,27)28/h3-12,20-21,34H,13-14,29H2,1-2H3,(H,30,35)/t20?,21-/m1/s1. The predicted molar refractivity (Wildman–Crippen MR) is 129 cm³/mol. The smallest absolute Gasteiger partial charge is 0.387 e. The third-order valence-electron chi connectivity index (χ3n) is 5.91. The van der Waals surface area contributed by atoms with Gasteiger partial charge in [0.25, 0.3) is 11.8 Å². The second-order valence-electron chi connectivity index (χ2n) is 8.87. The number of rotatable bonds is 6. The molecule has 4 N–H and O–H groups in total. The first-order valence-electron chi connectivity index (χ1n) is 11.2. The average molecular weight is 502 g/mol. The molecule has 0 saturated carbocycles. The molecule has 190 valence electrons. The van der Waals surface area contributed by atoms with Gasteiger partial charge < -0.3 is 30.5 Å². The van der Waals surface area contributed by atoms with Gasteiger partial charge >= 0.3 is 6.18 Å². The number of nitrogens with one attached hydrogen (secondary N) is 1. The number of nitrogens with two attached hydrogens (primary N) is 1. The van der Waals surface area contributed by atoms with Gasteiger partial charge in [0.2, 0.25) is 0 Å². The normalized spacial score (nSPS) is 16.7. The van der Waals surface area contributed by atoms with Crippen molar-refractivity contribution in [1.29, 1.82) is 0 Å². The largest absolute Gasteiger partial charge is 0.416 e. The van der Waals surface area contributed by atoms with Crippen LogP contribution in [0.3, 0.4) is 0 Å². The molecule has 1 aliphatic rings. The number of aliphatic hydroxyl groups is 1. The summed E-state index contributed by atoms with van der Waals surface area (Å²) in [5.41, 5.74) is 6.79. The van der Waals surface area contributed by atoms with E-state index in [1.807, 2.05) is 19.0 Å². The Morgan fingerprint density at radius 3 is 2.53 bits per heavy atom. The van der Waals surface area contributed by atoms with E-state index in [0.29, 0.717) is 17.8 Å². The topological polar surface area (TPSA) is 104 Å². The van der Waals surface area contributed by atoms with Crippen molar-refractivity contribution in [2.75, 3.05) is 37.4 Å². The first-order valence-corrected chi connectivity index (χ1v) is 11.2. The lowest BCUT2D eigenvalue weighted by molar-refractivity contribution is -0.137. The van der Waals surface area contributed by atoms with Crippen LogP contribution < -0.4 is 16.0 Å². The summed E-state index contributed by atoms with van der Waals surface area (Å²) in [6.45, 7) is 0.426. The fourth-order valence-corrected chi connectivity index (χ4v) is 4.14. The van der Waals surface area contributed by atoms with Crippen LogP contribution in [0.5, 0.6) is 0 Å². The lowest BCUT2D eigenvalue weighted by atomic mass is 10.1. The summed E-state index contributed by atoms with van der Waals surface area (Å²) in [5, 5.41) is 13.1. The fourth-order valence-electron chi connectivity index (χ4n) is 4.14. The molecule has 11 heteroatoms. The molecule has 0 fully saturated rings. The molecule has 1 aliphatic heterocycles. The molecule has 2 heterocycles. The van der Waals surface area contributed by atoms with Crippen LogP contribution in [0.15, 0.2) is 60.8 Å². The molecule has 0 radical (unpaired) electrons. The van der Waals surface area contributed by atoms with Crippen LogP contribution in [0.2, 0.25) is 0 Å². The first-order chi connectivity index (χ1) is 17.0. The van der Waals surface area contributed by atoms with Crippen molar-refractivity contribution >= 4 is 23.2 Å². The highest BCUT2D eigenvalue weighted by atomic mass is 19.4. The van der Waals surface area contributed by atoms with Crippen LogP contribution in [0.4, 0.5) is 24.5 Å². The van der Waals surface area contributed by atoms with Crippen molar-refractivity contribution in [2.24, 2.45) is 5.73 Å². The van der Waals surface area contributed by atoms with E-state index in [4.69, 9.17) is 5.73 Å². The van der Waals surface area contributed by atoms with Crippen LogP contribution in [-0.2, 0) is 6.18 Å². The minimum Gasteiger partial charge on any atom is -0.387 e. The number of amides is 2. The average Bonchev–Trinajstić information content (AvgIpc) is 3.27. The highest BCUT2D eigenvalue weighted by Gasteiger charge is 2.35. The zero-order valence-electron chi connectivity index (χ0n) is 19.7. The van der Waals surface area contributed by atoms with E-state index in [1.54, 1.807) is 24.3 Å². The number of hydrogen-bond acceptors (Lipinski definition) is 5. The minimum atomic E-state index is -4.50. The monoisotopic (exact) mass is 501 g/mol. The maximum Gasteiger partial charge on any atom is 0.416 e. The molecule has 2 atom stereocenters. The number of carbonyl (C=O) groups excluding carboxylic acids is 2. The second-order valence-corrected chi connectivity index (χ2v) is 8.87. The van der Waals surface area contributed by atoms with Crippen LogP contribution in [0.1, 0.15) is 44.2 Å². The van der Waals surface area contributed by atoms with Crippen molar-refractivity contribution in [2.45, 2.75) is 18.4 Å². The number of aliphatic hydroxyl groups excluding tert-OH is 1. The molecule has 2 aromatic carbocycles. The summed E-state index contributed by atoms with van der Waals surface area (Å²) in [6.07, 6.45) is -4.42. The molecule has 4 rings (SSSR count). The number of fused-ring (bicyclic) bond motifs is 1. The molecular formula is C25H26F3N5O3. The predicted octanol–water partition coefficient (Wildman–Crippen LogP) is 3.47. The SMILES string of the molecule is CN(C)CC(O)c1cccc(NC(=O)c2ccn3c2C(=O)N(c2ccc(C(F)(F)F)cc2)C[C@@H]3N)c1. The maximum atomic E-state index is 13.3. The van der Waals surface area contributed by atoms with Crippen molar-refractivity contribution < 1.29 is 27.9 Å². The van der Waals surface area contributed by atoms with Crippen molar-refractivity contribution in [3.63, 3.8) is 0 Å². The number of hydrogen-bond donors (Lipinski definition) is 3. The quantitative estimate of drug-likeness (QED) is 0.480. The molecule has 1 aromatic heterocycles. The summed E-state index contributed by atoms with van der Waals surface area (Å²) in [5.74, 6) is -1.11. The van der Waals surface area contributed by atoms with E-state index in [2.05, 4.69) is 5.32 Å². The Balaban J connectivity index is 1.58. The number of benzene rings is 2. The molecule has 0 aliphatic carbocycles. The van der Waals surface area contributed by atoms with E-state index in [-0.39, 0.29) is 23.5 Å². The van der Waals surface area contributed by atoms with Gasteiger partial charge in [-0.2, -0.15) is 13.2 Å². The number of nitrogens with zero attached hydrogens (tertiary/aromatic N) is 3. The van der Waals surface area contributed by atoms with Gasteiger partial charge in [0.15, 0.2) is 0 Å². The van der Waals surface area contributed by atoms with E-state index >= 15 is 0 Å². The molecule has 1 unspecified atom stereocenters. The van der Waals surface area contributed by atoms with E-state index in [0.717, 1.165) is 12.1 Å². The lowest BCUT2D eigenvalue weighted by Crippen LogP contribution is -2.46. The molecule has 8 nitrogen and oxygen atoms in total. The van der Waals surface area contributed by atoms with Gasteiger partial charge in [-0.3, -0.25) is 9.59 Å². The minimum absolute atomic E-state index is 0.0265. The molecule has 0 saturated heterocycles. The summed E-state index contributed by atoms with van der Waals surface area (Å²) < 4.78 is 40.3. The third-order valence-corrected chi connectivity index (χ3v) is 5.91. The Morgan fingerprint density at radius 2 is 1.89 bits per heavy atom. The zero-order valence-corrected chi connectivity index (χ0v) is 19.7. The molecule has 0 bridgehead atoms. The number of aromatic nitrogens is 1. The molecule has 2 amide bonds. The maximum absolute atomic E-state index is 13.3. The number of carbonyl (C=O) groups is 2. The van der Waals surface area contributed by atoms with E-state index < -0.39 is 35.8 Å². The van der Waals surface area contributed by atoms with Crippen LogP contribution in [0.25, 0.3) is 0 Å². The third kappa shape index (κ3) is 5.13. The number of alkyl halides is 3. The Labute approximate surface area is 205 Å².